The average molecular weight is 669 g/mol. The van der Waals surface area contributed by atoms with Crippen LogP contribution in [0.5, 0.6) is 5.75 Å². The van der Waals surface area contributed by atoms with Crippen LogP contribution in [-0.2, 0) is 22.4 Å². The summed E-state index contributed by atoms with van der Waals surface area (Å²) in [6.45, 7) is 17.6. The first-order chi connectivity index (χ1) is 22.6. The third-order valence-electron chi connectivity index (χ3n) is 9.73. The van der Waals surface area contributed by atoms with E-state index in [-0.39, 0.29) is 29.2 Å². The number of carbonyl (C=O) groups is 2. The molecule has 266 valence electrons. The number of nitrogens with zero attached hydrogens (tertiary/aromatic N) is 3. The number of nitrogens with one attached hydrogen (secondary N) is 1. The van der Waals surface area contributed by atoms with Gasteiger partial charge in [0.2, 0.25) is 0 Å². The zero-order valence-corrected chi connectivity index (χ0v) is 30.2. The van der Waals surface area contributed by atoms with Crippen LogP contribution in [0, 0.1) is 11.2 Å². The molecular formula is C38H57FN4O5. The number of anilines is 1. The normalized spacial score (nSPS) is 17.1. The van der Waals surface area contributed by atoms with E-state index in [0.717, 1.165) is 56.6 Å². The highest BCUT2D eigenvalue weighted by Gasteiger charge is 2.36. The SMILES string of the molecule is CCC(C)(CCOC(C)(C)CCC(C)(C)C)Oc1ccc([C@H](CC(=O)O)N2CCN(CCCc3ccc4c(n3)NCCC4)C2=O)cc1F. The summed E-state index contributed by atoms with van der Waals surface area (Å²) in [6.07, 6.45) is 6.54. The van der Waals surface area contributed by atoms with Crippen LogP contribution < -0.4 is 10.1 Å². The van der Waals surface area contributed by atoms with Gasteiger partial charge in [-0.1, -0.05) is 39.8 Å². The first-order valence-electron chi connectivity index (χ1n) is 17.7. The maximum Gasteiger partial charge on any atom is 0.320 e. The summed E-state index contributed by atoms with van der Waals surface area (Å²) >= 11 is 0. The van der Waals surface area contributed by atoms with Gasteiger partial charge in [-0.05, 0) is 100 Å². The van der Waals surface area contributed by atoms with Crippen LogP contribution in [0.25, 0.3) is 0 Å². The van der Waals surface area contributed by atoms with E-state index in [1.54, 1.807) is 21.9 Å². The topological polar surface area (TPSA) is 104 Å². The lowest BCUT2D eigenvalue weighted by Crippen LogP contribution is -2.36. The molecule has 48 heavy (non-hydrogen) atoms. The van der Waals surface area contributed by atoms with Crippen molar-refractivity contribution in [1.29, 1.82) is 0 Å². The first kappa shape index (κ1) is 37.4. The molecule has 1 unspecified atom stereocenters. The number of fused-ring (bicyclic) bond motifs is 1. The van der Waals surface area contributed by atoms with Crippen molar-refractivity contribution < 1.29 is 28.6 Å². The fourth-order valence-electron chi connectivity index (χ4n) is 6.29. The van der Waals surface area contributed by atoms with E-state index in [2.05, 4.69) is 52.1 Å². The van der Waals surface area contributed by atoms with Crippen molar-refractivity contribution in [3.63, 3.8) is 0 Å². The van der Waals surface area contributed by atoms with Gasteiger partial charge < -0.3 is 29.7 Å². The van der Waals surface area contributed by atoms with Gasteiger partial charge in [-0.25, -0.2) is 14.2 Å². The molecule has 3 heterocycles. The molecule has 2 aliphatic rings. The van der Waals surface area contributed by atoms with E-state index in [0.29, 0.717) is 44.6 Å². The van der Waals surface area contributed by atoms with Crippen LogP contribution in [-0.4, -0.2) is 75.9 Å². The molecule has 2 amide bonds. The van der Waals surface area contributed by atoms with Crippen molar-refractivity contribution in [3.05, 3.63) is 53.0 Å². The predicted molar refractivity (Wildman–Crippen MR) is 187 cm³/mol. The Morgan fingerprint density at radius 2 is 1.85 bits per heavy atom. The highest BCUT2D eigenvalue weighted by molar-refractivity contribution is 5.78. The van der Waals surface area contributed by atoms with Crippen LogP contribution >= 0.6 is 0 Å². The van der Waals surface area contributed by atoms with Gasteiger partial charge in [0.25, 0.3) is 0 Å². The van der Waals surface area contributed by atoms with Gasteiger partial charge in [0.1, 0.15) is 11.4 Å². The lowest BCUT2D eigenvalue weighted by atomic mass is 9.86. The van der Waals surface area contributed by atoms with Gasteiger partial charge in [-0.15, -0.1) is 0 Å². The molecule has 0 bridgehead atoms. The van der Waals surface area contributed by atoms with Gasteiger partial charge in [0, 0.05) is 38.3 Å². The predicted octanol–water partition coefficient (Wildman–Crippen LogP) is 8.02. The lowest BCUT2D eigenvalue weighted by molar-refractivity contribution is -0.138. The Labute approximate surface area is 286 Å². The van der Waals surface area contributed by atoms with E-state index < -0.39 is 23.4 Å². The number of pyridine rings is 1. The molecule has 1 aromatic carbocycles. The van der Waals surface area contributed by atoms with E-state index in [4.69, 9.17) is 14.5 Å². The Kier molecular flexibility index (Phi) is 12.4. The molecule has 1 aromatic heterocycles. The highest BCUT2D eigenvalue weighted by atomic mass is 19.1. The number of ether oxygens (including phenoxy) is 2. The van der Waals surface area contributed by atoms with Crippen molar-refractivity contribution >= 4 is 17.8 Å². The summed E-state index contributed by atoms with van der Waals surface area (Å²) in [6, 6.07) is 7.72. The van der Waals surface area contributed by atoms with Crippen LogP contribution in [0.1, 0.15) is 116 Å². The molecule has 2 aliphatic heterocycles. The standard InChI is InChI=1S/C38H57FN4O5/c1-8-38(7,19-24-47-37(5,6)18-17-36(2,3)4)48-32-16-14-28(25-30(32)39)31(26-33(44)45)43-23-22-42(35(43)46)21-10-12-29-15-13-27-11-9-20-40-34(27)41-29/h13-16,25,31H,8-12,17-24,26H2,1-7H3,(H,40,41)(H,44,45)/t31-,38?/m0/s1. The number of aliphatic carboxylic acids is 1. The summed E-state index contributed by atoms with van der Waals surface area (Å²) in [4.78, 5) is 33.4. The Morgan fingerprint density at radius 3 is 2.54 bits per heavy atom. The molecular weight excluding hydrogens is 611 g/mol. The molecule has 0 radical (unpaired) electrons. The van der Waals surface area contributed by atoms with Gasteiger partial charge >= 0.3 is 12.0 Å². The fourth-order valence-corrected chi connectivity index (χ4v) is 6.29. The van der Waals surface area contributed by atoms with E-state index in [9.17, 15) is 14.7 Å². The molecule has 2 atom stereocenters. The monoisotopic (exact) mass is 668 g/mol. The number of carboxylic acids is 1. The molecule has 0 aliphatic carbocycles. The quantitative estimate of drug-likeness (QED) is 0.176. The number of halogens is 1. The maximum absolute atomic E-state index is 15.6. The minimum atomic E-state index is -1.05. The van der Waals surface area contributed by atoms with Gasteiger partial charge in [0.15, 0.2) is 11.6 Å². The molecule has 0 spiro atoms. The second-order valence-electron chi connectivity index (χ2n) is 15.5. The number of rotatable bonds is 17. The highest BCUT2D eigenvalue weighted by Crippen LogP contribution is 2.34. The van der Waals surface area contributed by atoms with Crippen LogP contribution in [0.3, 0.4) is 0 Å². The number of amides is 2. The second-order valence-corrected chi connectivity index (χ2v) is 15.5. The zero-order valence-electron chi connectivity index (χ0n) is 30.2. The smallest absolute Gasteiger partial charge is 0.320 e. The molecule has 2 aromatic rings. The van der Waals surface area contributed by atoms with E-state index >= 15 is 4.39 Å². The molecule has 1 fully saturated rings. The van der Waals surface area contributed by atoms with E-state index in [1.165, 1.54) is 11.6 Å². The van der Waals surface area contributed by atoms with Crippen LogP contribution in [0.2, 0.25) is 0 Å². The van der Waals surface area contributed by atoms with Crippen molar-refractivity contribution in [2.24, 2.45) is 5.41 Å². The lowest BCUT2D eigenvalue weighted by Gasteiger charge is -2.33. The minimum absolute atomic E-state index is 0.101. The molecule has 10 heteroatoms. The number of benzene rings is 1. The van der Waals surface area contributed by atoms with Crippen LogP contribution in [0.4, 0.5) is 15.0 Å². The minimum Gasteiger partial charge on any atom is -0.484 e. The molecule has 9 nitrogen and oxygen atoms in total. The molecule has 1 saturated heterocycles. The van der Waals surface area contributed by atoms with Crippen LogP contribution in [0.15, 0.2) is 30.3 Å². The first-order valence-corrected chi connectivity index (χ1v) is 17.7. The third kappa shape index (κ3) is 10.5. The Bertz CT molecular complexity index is 1410. The number of urea groups is 1. The Morgan fingerprint density at radius 1 is 1.08 bits per heavy atom. The molecule has 2 N–H and O–H groups in total. The number of carboxylic acid groups (broad SMARTS) is 1. The maximum atomic E-state index is 15.6. The number of aromatic nitrogens is 1. The van der Waals surface area contributed by atoms with Crippen molar-refractivity contribution in [1.82, 2.24) is 14.8 Å². The number of carbonyl (C=O) groups excluding carboxylic acids is 1. The molecule has 4 rings (SSSR count). The van der Waals surface area contributed by atoms with Gasteiger partial charge in [-0.3, -0.25) is 4.79 Å². The Hall–Kier alpha value is -3.40. The van der Waals surface area contributed by atoms with Crippen molar-refractivity contribution in [2.75, 3.05) is 38.1 Å². The summed E-state index contributed by atoms with van der Waals surface area (Å²) in [5.41, 5.74) is 1.97. The number of hydrogen-bond acceptors (Lipinski definition) is 6. The van der Waals surface area contributed by atoms with Gasteiger partial charge in [0.05, 0.1) is 24.7 Å². The van der Waals surface area contributed by atoms with E-state index in [1.807, 2.05) is 13.8 Å². The zero-order chi connectivity index (χ0) is 35.1. The summed E-state index contributed by atoms with van der Waals surface area (Å²) < 4.78 is 28.1. The Balaban J connectivity index is 1.35. The fraction of sp³-hybridized carbons (Fsp3) is 0.658. The molecule has 0 saturated carbocycles. The summed E-state index contributed by atoms with van der Waals surface area (Å²) in [7, 11) is 0. The average Bonchev–Trinajstić information content (AvgIpc) is 3.39. The number of aryl methyl sites for hydroxylation is 2. The van der Waals surface area contributed by atoms with Crippen molar-refractivity contribution in [3.8, 4) is 5.75 Å². The third-order valence-corrected chi connectivity index (χ3v) is 9.73. The van der Waals surface area contributed by atoms with Gasteiger partial charge in [-0.2, -0.15) is 0 Å². The largest absolute Gasteiger partial charge is 0.484 e. The van der Waals surface area contributed by atoms with Crippen molar-refractivity contribution in [2.45, 2.75) is 123 Å². The number of hydrogen-bond donors (Lipinski definition) is 2. The second kappa shape index (κ2) is 15.9. The summed E-state index contributed by atoms with van der Waals surface area (Å²) in [5.74, 6) is -0.570. The summed E-state index contributed by atoms with van der Waals surface area (Å²) in [5, 5.41) is 13.1.